The molecule has 0 radical (unpaired) electrons. The van der Waals surface area contributed by atoms with E-state index in [9.17, 15) is 0 Å². The van der Waals surface area contributed by atoms with E-state index in [1.54, 1.807) is 6.26 Å². The maximum Gasteiger partial charge on any atom is 0.120 e. The van der Waals surface area contributed by atoms with Gasteiger partial charge >= 0.3 is 0 Å². The first kappa shape index (κ1) is 13.9. The minimum absolute atomic E-state index is 0.269. The second-order valence-corrected chi connectivity index (χ2v) is 5.22. The molecule has 0 spiro atoms. The summed E-state index contributed by atoms with van der Waals surface area (Å²) >= 11 is 0. The van der Waals surface area contributed by atoms with Crippen molar-refractivity contribution in [2.75, 3.05) is 0 Å². The molecule has 0 amide bonds. The first-order chi connectivity index (χ1) is 9.11. The predicted octanol–water partition coefficient (Wildman–Crippen LogP) is 4.70. The van der Waals surface area contributed by atoms with Crippen LogP contribution in [0.4, 0.5) is 0 Å². The minimum atomic E-state index is 0.269. The Balaban J connectivity index is 2.13. The molecule has 2 heteroatoms. The molecular weight excluding hydrogens is 234 g/mol. The topological polar surface area (TPSA) is 25.2 Å². The lowest BCUT2D eigenvalue weighted by Crippen LogP contribution is -2.24. The largest absolute Gasteiger partial charge is 0.468 e. The molecule has 2 aromatic rings. The molecule has 0 aliphatic rings. The highest BCUT2D eigenvalue weighted by molar-refractivity contribution is 5.32. The van der Waals surface area contributed by atoms with E-state index in [0.717, 1.165) is 12.2 Å². The molecule has 2 atom stereocenters. The number of hydrogen-bond donors (Lipinski definition) is 1. The Bertz CT molecular complexity index is 516. The molecule has 2 rings (SSSR count). The number of hydrogen-bond acceptors (Lipinski definition) is 2. The van der Waals surface area contributed by atoms with Gasteiger partial charge in [-0.1, -0.05) is 30.7 Å². The highest BCUT2D eigenvalue weighted by atomic mass is 16.3. The Hall–Kier alpha value is -1.54. The van der Waals surface area contributed by atoms with E-state index < -0.39 is 0 Å². The van der Waals surface area contributed by atoms with Gasteiger partial charge in [0.1, 0.15) is 5.76 Å². The third-order valence-corrected chi connectivity index (χ3v) is 3.64. The molecule has 0 saturated heterocycles. The Morgan fingerprint density at radius 3 is 2.58 bits per heavy atom. The summed E-state index contributed by atoms with van der Waals surface area (Å²) in [5, 5.41) is 3.65. The lowest BCUT2D eigenvalue weighted by Gasteiger charge is -2.22. The van der Waals surface area contributed by atoms with Crippen LogP contribution in [0.1, 0.15) is 54.8 Å². The van der Waals surface area contributed by atoms with E-state index in [4.69, 9.17) is 4.42 Å². The van der Waals surface area contributed by atoms with Crippen LogP contribution in [0.3, 0.4) is 0 Å². The SMILES string of the molecule is CCC(NC(C)c1ccc(C)cc1C)c1ccco1. The van der Waals surface area contributed by atoms with Gasteiger partial charge in [-0.3, -0.25) is 0 Å². The van der Waals surface area contributed by atoms with Crippen molar-refractivity contribution in [1.29, 1.82) is 0 Å². The van der Waals surface area contributed by atoms with Crippen LogP contribution in [-0.4, -0.2) is 0 Å². The van der Waals surface area contributed by atoms with Crippen molar-refractivity contribution in [3.05, 3.63) is 59.0 Å². The number of nitrogens with one attached hydrogen (secondary N) is 1. The lowest BCUT2D eigenvalue weighted by molar-refractivity contribution is 0.376. The van der Waals surface area contributed by atoms with Crippen LogP contribution in [0, 0.1) is 13.8 Å². The van der Waals surface area contributed by atoms with E-state index in [2.05, 4.69) is 51.2 Å². The molecule has 2 unspecified atom stereocenters. The number of furan rings is 1. The number of aryl methyl sites for hydroxylation is 2. The van der Waals surface area contributed by atoms with E-state index in [0.29, 0.717) is 6.04 Å². The van der Waals surface area contributed by atoms with Crippen molar-refractivity contribution in [1.82, 2.24) is 5.32 Å². The summed E-state index contributed by atoms with van der Waals surface area (Å²) in [6, 6.07) is 11.2. The summed E-state index contributed by atoms with van der Waals surface area (Å²) < 4.78 is 5.51. The van der Waals surface area contributed by atoms with Gasteiger partial charge in [0.2, 0.25) is 0 Å². The van der Waals surface area contributed by atoms with Crippen LogP contribution in [0.25, 0.3) is 0 Å². The molecule has 1 aromatic carbocycles. The van der Waals surface area contributed by atoms with Crippen LogP contribution >= 0.6 is 0 Å². The van der Waals surface area contributed by atoms with E-state index in [1.807, 2.05) is 12.1 Å². The van der Waals surface area contributed by atoms with Crippen molar-refractivity contribution in [2.45, 2.75) is 46.2 Å². The molecule has 1 heterocycles. The van der Waals surface area contributed by atoms with Gasteiger partial charge in [-0.2, -0.15) is 0 Å². The summed E-state index contributed by atoms with van der Waals surface area (Å²) in [4.78, 5) is 0. The van der Waals surface area contributed by atoms with Crippen LogP contribution in [0.15, 0.2) is 41.0 Å². The fourth-order valence-corrected chi connectivity index (χ4v) is 2.59. The van der Waals surface area contributed by atoms with Gasteiger partial charge in [-0.15, -0.1) is 0 Å². The normalized spacial score (nSPS) is 14.3. The van der Waals surface area contributed by atoms with Gasteiger partial charge in [0, 0.05) is 6.04 Å². The molecule has 0 fully saturated rings. The molecule has 102 valence electrons. The monoisotopic (exact) mass is 257 g/mol. The smallest absolute Gasteiger partial charge is 0.120 e. The van der Waals surface area contributed by atoms with Crippen LogP contribution < -0.4 is 5.32 Å². The predicted molar refractivity (Wildman–Crippen MR) is 79.2 cm³/mol. The minimum Gasteiger partial charge on any atom is -0.468 e. The first-order valence-electron chi connectivity index (χ1n) is 6.98. The molecule has 0 aliphatic heterocycles. The lowest BCUT2D eigenvalue weighted by atomic mass is 9.99. The Labute approximate surface area is 115 Å². The van der Waals surface area contributed by atoms with Gasteiger partial charge in [0.25, 0.3) is 0 Å². The van der Waals surface area contributed by atoms with Crippen LogP contribution in [0.2, 0.25) is 0 Å². The number of benzene rings is 1. The van der Waals surface area contributed by atoms with Crippen molar-refractivity contribution in [3.8, 4) is 0 Å². The molecular formula is C17H23NO. The number of rotatable bonds is 5. The Morgan fingerprint density at radius 2 is 2.00 bits per heavy atom. The van der Waals surface area contributed by atoms with Gasteiger partial charge < -0.3 is 9.73 Å². The van der Waals surface area contributed by atoms with Crippen LogP contribution in [-0.2, 0) is 0 Å². The van der Waals surface area contributed by atoms with E-state index in [1.165, 1.54) is 16.7 Å². The van der Waals surface area contributed by atoms with Gasteiger partial charge in [0.15, 0.2) is 0 Å². The maximum absolute atomic E-state index is 5.51. The second-order valence-electron chi connectivity index (χ2n) is 5.22. The molecule has 0 aliphatic carbocycles. The summed E-state index contributed by atoms with van der Waals surface area (Å²) in [7, 11) is 0. The zero-order valence-electron chi connectivity index (χ0n) is 12.2. The zero-order chi connectivity index (χ0) is 13.8. The highest BCUT2D eigenvalue weighted by Gasteiger charge is 2.16. The van der Waals surface area contributed by atoms with Gasteiger partial charge in [0.05, 0.1) is 12.3 Å². The van der Waals surface area contributed by atoms with Crippen LogP contribution in [0.5, 0.6) is 0 Å². The summed E-state index contributed by atoms with van der Waals surface area (Å²) in [5.41, 5.74) is 4.01. The van der Waals surface area contributed by atoms with E-state index in [-0.39, 0.29) is 6.04 Å². The third kappa shape index (κ3) is 3.27. The second kappa shape index (κ2) is 6.07. The van der Waals surface area contributed by atoms with Gasteiger partial charge in [-0.25, -0.2) is 0 Å². The van der Waals surface area contributed by atoms with Crippen molar-refractivity contribution < 1.29 is 4.42 Å². The zero-order valence-corrected chi connectivity index (χ0v) is 12.2. The quantitative estimate of drug-likeness (QED) is 0.840. The fraction of sp³-hybridized carbons (Fsp3) is 0.412. The molecule has 1 N–H and O–H groups in total. The molecule has 1 aromatic heterocycles. The average Bonchev–Trinajstić information content (AvgIpc) is 2.89. The van der Waals surface area contributed by atoms with E-state index >= 15 is 0 Å². The third-order valence-electron chi connectivity index (χ3n) is 3.64. The highest BCUT2D eigenvalue weighted by Crippen LogP contribution is 2.24. The average molecular weight is 257 g/mol. The Kier molecular flexibility index (Phi) is 4.43. The maximum atomic E-state index is 5.51. The molecule has 0 bridgehead atoms. The molecule has 0 saturated carbocycles. The summed E-state index contributed by atoms with van der Waals surface area (Å²) in [6.45, 7) is 8.69. The Morgan fingerprint density at radius 1 is 1.21 bits per heavy atom. The van der Waals surface area contributed by atoms with Crippen molar-refractivity contribution in [3.63, 3.8) is 0 Å². The summed E-state index contributed by atoms with van der Waals surface area (Å²) in [6.07, 6.45) is 2.75. The molecule has 19 heavy (non-hydrogen) atoms. The first-order valence-corrected chi connectivity index (χ1v) is 6.98. The van der Waals surface area contributed by atoms with Crippen molar-refractivity contribution in [2.24, 2.45) is 0 Å². The van der Waals surface area contributed by atoms with Crippen molar-refractivity contribution >= 4 is 0 Å². The standard InChI is InChI=1S/C17H23NO/c1-5-16(17-7-6-10-19-17)18-14(4)15-9-8-12(2)11-13(15)3/h6-11,14,16,18H,5H2,1-4H3. The van der Waals surface area contributed by atoms with Gasteiger partial charge in [-0.05, 0) is 50.5 Å². The fourth-order valence-electron chi connectivity index (χ4n) is 2.59. The molecule has 2 nitrogen and oxygen atoms in total. The summed E-state index contributed by atoms with van der Waals surface area (Å²) in [5.74, 6) is 1.01.